The smallest absolute Gasteiger partial charge is 0.119 e. The maximum absolute atomic E-state index is 5.96. The lowest BCUT2D eigenvalue weighted by molar-refractivity contribution is 0.134. The predicted molar refractivity (Wildman–Crippen MR) is 134 cm³/mol. The molecule has 0 radical (unpaired) electrons. The van der Waals surface area contributed by atoms with Crippen LogP contribution in [-0.2, 0) is 13.0 Å². The Morgan fingerprint density at radius 1 is 0.781 bits per heavy atom. The standard InChI is InChI=1S/C30H37NO/c1-24(13-14-25-9-5-3-6-10-25)31(2)29-19-15-27(16-20-29)28-17-21-30(22-18-28)32-23-26-11-7-4-8-12-26/h3-12,17-18,21-22,24,27,29H,13-16,19-20,23H2,1-2H3. The maximum atomic E-state index is 5.96. The summed E-state index contributed by atoms with van der Waals surface area (Å²) in [6.07, 6.45) is 7.55. The first-order valence-corrected chi connectivity index (χ1v) is 12.2. The van der Waals surface area contributed by atoms with Crippen LogP contribution in [0.4, 0.5) is 0 Å². The molecule has 0 amide bonds. The summed E-state index contributed by atoms with van der Waals surface area (Å²) < 4.78 is 5.96. The van der Waals surface area contributed by atoms with E-state index >= 15 is 0 Å². The second kappa shape index (κ2) is 11.3. The van der Waals surface area contributed by atoms with Gasteiger partial charge < -0.3 is 9.64 Å². The highest BCUT2D eigenvalue weighted by molar-refractivity contribution is 5.30. The minimum Gasteiger partial charge on any atom is -0.489 e. The lowest BCUT2D eigenvalue weighted by Gasteiger charge is -2.38. The van der Waals surface area contributed by atoms with E-state index in [9.17, 15) is 0 Å². The minimum atomic E-state index is 0.623. The molecule has 0 bridgehead atoms. The summed E-state index contributed by atoms with van der Waals surface area (Å²) in [4.78, 5) is 2.64. The molecule has 2 heteroatoms. The van der Waals surface area contributed by atoms with E-state index < -0.39 is 0 Å². The first-order valence-electron chi connectivity index (χ1n) is 12.2. The number of benzene rings is 3. The van der Waals surface area contributed by atoms with E-state index in [-0.39, 0.29) is 0 Å². The van der Waals surface area contributed by atoms with E-state index in [1.165, 1.54) is 55.2 Å². The zero-order valence-corrected chi connectivity index (χ0v) is 19.6. The van der Waals surface area contributed by atoms with Crippen LogP contribution in [0.15, 0.2) is 84.9 Å². The third-order valence-corrected chi connectivity index (χ3v) is 7.26. The normalized spacial score (nSPS) is 19.6. The van der Waals surface area contributed by atoms with Crippen molar-refractivity contribution in [2.24, 2.45) is 0 Å². The average molecular weight is 428 g/mol. The highest BCUT2D eigenvalue weighted by Gasteiger charge is 2.27. The van der Waals surface area contributed by atoms with Gasteiger partial charge >= 0.3 is 0 Å². The van der Waals surface area contributed by atoms with Crippen LogP contribution in [0.5, 0.6) is 5.75 Å². The molecule has 1 fully saturated rings. The van der Waals surface area contributed by atoms with Crippen LogP contribution in [-0.4, -0.2) is 24.0 Å². The van der Waals surface area contributed by atoms with Crippen molar-refractivity contribution in [2.75, 3.05) is 7.05 Å². The van der Waals surface area contributed by atoms with Gasteiger partial charge in [0.25, 0.3) is 0 Å². The van der Waals surface area contributed by atoms with E-state index in [1.807, 2.05) is 6.07 Å². The first-order chi connectivity index (χ1) is 15.7. The number of rotatable bonds is 9. The fraction of sp³-hybridized carbons (Fsp3) is 0.400. The third-order valence-electron chi connectivity index (χ3n) is 7.26. The Hall–Kier alpha value is -2.58. The second-order valence-electron chi connectivity index (χ2n) is 9.39. The summed E-state index contributed by atoms with van der Waals surface area (Å²) in [6, 6.07) is 31.4. The molecule has 1 saturated carbocycles. The van der Waals surface area contributed by atoms with Gasteiger partial charge in [-0.1, -0.05) is 72.8 Å². The predicted octanol–water partition coefficient (Wildman–Crippen LogP) is 7.24. The number of ether oxygens (including phenoxy) is 1. The number of hydrogen-bond acceptors (Lipinski definition) is 2. The molecule has 32 heavy (non-hydrogen) atoms. The molecule has 1 unspecified atom stereocenters. The molecule has 0 heterocycles. The molecule has 0 aromatic heterocycles. The van der Waals surface area contributed by atoms with Crippen molar-refractivity contribution in [1.82, 2.24) is 4.90 Å². The highest BCUT2D eigenvalue weighted by atomic mass is 16.5. The molecule has 0 aliphatic heterocycles. The zero-order valence-electron chi connectivity index (χ0n) is 19.6. The molecule has 3 aromatic rings. The lowest BCUT2D eigenvalue weighted by Crippen LogP contribution is -2.40. The molecule has 0 N–H and O–H groups in total. The largest absolute Gasteiger partial charge is 0.489 e. The fourth-order valence-electron chi connectivity index (χ4n) is 4.98. The summed E-state index contributed by atoms with van der Waals surface area (Å²) in [5, 5.41) is 0. The van der Waals surface area contributed by atoms with Gasteiger partial charge in [-0.3, -0.25) is 0 Å². The van der Waals surface area contributed by atoms with E-state index in [2.05, 4.69) is 97.7 Å². The van der Waals surface area contributed by atoms with Gasteiger partial charge in [-0.25, -0.2) is 0 Å². The summed E-state index contributed by atoms with van der Waals surface area (Å²) in [5.41, 5.74) is 4.12. The fourth-order valence-corrected chi connectivity index (χ4v) is 4.98. The van der Waals surface area contributed by atoms with Crippen molar-refractivity contribution in [3.63, 3.8) is 0 Å². The van der Waals surface area contributed by atoms with Crippen molar-refractivity contribution in [3.8, 4) is 5.75 Å². The summed E-state index contributed by atoms with van der Waals surface area (Å²) >= 11 is 0. The van der Waals surface area contributed by atoms with Crippen LogP contribution < -0.4 is 4.74 Å². The molecule has 1 aliphatic carbocycles. The highest BCUT2D eigenvalue weighted by Crippen LogP contribution is 2.35. The van der Waals surface area contributed by atoms with Gasteiger partial charge in [0.05, 0.1) is 0 Å². The van der Waals surface area contributed by atoms with Gasteiger partial charge in [0.15, 0.2) is 0 Å². The van der Waals surface area contributed by atoms with Crippen molar-refractivity contribution >= 4 is 0 Å². The Kier molecular flexibility index (Phi) is 8.01. The number of hydrogen-bond donors (Lipinski definition) is 0. The number of nitrogens with zero attached hydrogens (tertiary/aromatic N) is 1. The van der Waals surface area contributed by atoms with Gasteiger partial charge in [-0.05, 0) is 87.2 Å². The van der Waals surface area contributed by atoms with Crippen molar-refractivity contribution in [1.29, 1.82) is 0 Å². The van der Waals surface area contributed by atoms with Crippen LogP contribution in [0.2, 0.25) is 0 Å². The Morgan fingerprint density at radius 3 is 2.00 bits per heavy atom. The van der Waals surface area contributed by atoms with Gasteiger partial charge in [0.1, 0.15) is 12.4 Å². The summed E-state index contributed by atoms with van der Waals surface area (Å²) in [5.74, 6) is 1.64. The van der Waals surface area contributed by atoms with Crippen molar-refractivity contribution < 1.29 is 4.74 Å². The van der Waals surface area contributed by atoms with Gasteiger partial charge in [0.2, 0.25) is 0 Å². The lowest BCUT2D eigenvalue weighted by atomic mass is 9.81. The Morgan fingerprint density at radius 2 is 1.38 bits per heavy atom. The summed E-state index contributed by atoms with van der Waals surface area (Å²) in [7, 11) is 2.33. The maximum Gasteiger partial charge on any atom is 0.119 e. The van der Waals surface area contributed by atoms with Crippen LogP contribution in [0, 0.1) is 0 Å². The van der Waals surface area contributed by atoms with Gasteiger partial charge in [-0.15, -0.1) is 0 Å². The molecule has 168 valence electrons. The molecule has 2 nitrogen and oxygen atoms in total. The van der Waals surface area contributed by atoms with Gasteiger partial charge in [-0.2, -0.15) is 0 Å². The van der Waals surface area contributed by atoms with Crippen LogP contribution in [0.25, 0.3) is 0 Å². The molecular weight excluding hydrogens is 390 g/mol. The second-order valence-corrected chi connectivity index (χ2v) is 9.39. The van der Waals surface area contributed by atoms with E-state index in [0.29, 0.717) is 24.6 Å². The topological polar surface area (TPSA) is 12.5 Å². The first kappa shape index (κ1) is 22.6. The van der Waals surface area contributed by atoms with E-state index in [0.717, 1.165) is 5.75 Å². The van der Waals surface area contributed by atoms with Crippen LogP contribution in [0.3, 0.4) is 0 Å². The third kappa shape index (κ3) is 6.23. The zero-order chi connectivity index (χ0) is 22.2. The Labute approximate surface area is 194 Å². The van der Waals surface area contributed by atoms with Crippen LogP contribution >= 0.6 is 0 Å². The Balaban J connectivity index is 1.22. The molecule has 0 saturated heterocycles. The quantitative estimate of drug-likeness (QED) is 0.357. The SMILES string of the molecule is CC(CCc1ccccc1)N(C)C1CCC(c2ccc(OCc3ccccc3)cc2)CC1. The molecule has 4 rings (SSSR count). The van der Waals surface area contributed by atoms with Crippen LogP contribution in [0.1, 0.15) is 61.6 Å². The van der Waals surface area contributed by atoms with Crippen molar-refractivity contribution in [2.45, 2.75) is 70.1 Å². The minimum absolute atomic E-state index is 0.623. The molecule has 3 aromatic carbocycles. The van der Waals surface area contributed by atoms with Crippen molar-refractivity contribution in [3.05, 3.63) is 102 Å². The average Bonchev–Trinajstić information content (AvgIpc) is 2.87. The van der Waals surface area contributed by atoms with Gasteiger partial charge in [0, 0.05) is 12.1 Å². The number of aryl methyl sites for hydroxylation is 1. The molecule has 0 spiro atoms. The summed E-state index contributed by atoms with van der Waals surface area (Å²) in [6.45, 7) is 3.02. The van der Waals surface area contributed by atoms with E-state index in [1.54, 1.807) is 0 Å². The monoisotopic (exact) mass is 427 g/mol. The van der Waals surface area contributed by atoms with E-state index in [4.69, 9.17) is 4.74 Å². The Bertz CT molecular complexity index is 914. The molecule has 1 atom stereocenters. The molecular formula is C30H37NO. The molecule has 1 aliphatic rings.